The lowest BCUT2D eigenvalue weighted by Crippen LogP contribution is -2.28. The van der Waals surface area contributed by atoms with Gasteiger partial charge in [-0.25, -0.2) is 0 Å². The van der Waals surface area contributed by atoms with Crippen molar-refractivity contribution >= 4 is 87.1 Å². The summed E-state index contributed by atoms with van der Waals surface area (Å²) in [6.45, 7) is 1.43. The zero-order chi connectivity index (χ0) is 40.5. The maximum absolute atomic E-state index is 13.3. The second-order valence-corrected chi connectivity index (χ2v) is 13.4. The summed E-state index contributed by atoms with van der Waals surface area (Å²) in [5.41, 5.74) is 8.46. The van der Waals surface area contributed by atoms with Crippen LogP contribution in [0.1, 0.15) is 58.7 Å². The summed E-state index contributed by atoms with van der Waals surface area (Å²) in [5, 5.41) is 27.5. The van der Waals surface area contributed by atoms with Gasteiger partial charge in [-0.05, 0) is 42.5 Å². The van der Waals surface area contributed by atoms with Crippen molar-refractivity contribution in [2.45, 2.75) is 6.42 Å². The monoisotopic (exact) mass is 805 g/mol. The summed E-state index contributed by atoms with van der Waals surface area (Å²) < 4.78 is 4.63. The third-order valence-electron chi connectivity index (χ3n) is 8.43. The number of rotatable bonds is 17. The quantitative estimate of drug-likeness (QED) is 0.0390. The van der Waals surface area contributed by atoms with Gasteiger partial charge in [-0.3, -0.25) is 34.5 Å². The molecule has 0 aliphatic carbocycles. The minimum atomic E-state index is -0.559. The Morgan fingerprint density at radius 1 is 0.714 bits per heavy atom. The highest BCUT2D eigenvalue weighted by molar-refractivity contribution is 6.18. The average molecular weight is 807 g/mol. The molecule has 0 fully saturated rings. The summed E-state index contributed by atoms with van der Waals surface area (Å²) in [6.07, 6.45) is 4.93. The predicted octanol–water partition coefficient (Wildman–Crippen LogP) is 3.77. The Hall–Kier alpha value is -6.53. The van der Waals surface area contributed by atoms with Gasteiger partial charge in [-0.1, -0.05) is 0 Å². The molecule has 0 aliphatic heterocycles. The number of aromatic amines is 1. The van der Waals surface area contributed by atoms with Crippen molar-refractivity contribution in [2.75, 3.05) is 57.6 Å². The van der Waals surface area contributed by atoms with Crippen molar-refractivity contribution in [2.24, 2.45) is 26.9 Å². The topological polar surface area (TPSA) is 242 Å². The van der Waals surface area contributed by atoms with E-state index >= 15 is 0 Å². The fourth-order valence-corrected chi connectivity index (χ4v) is 6.06. The largest absolute Gasteiger partial charge is 0.388 e. The highest BCUT2D eigenvalue weighted by Gasteiger charge is 2.20. The van der Waals surface area contributed by atoms with E-state index in [2.05, 4.69) is 36.8 Å². The SMILES string of the molecule is Cn1cc(NC(=O)c2cc(NC(=O)c3cc(NC(=O)c4cc(NC(=O)c5ccc(N(CCCl)CCCl)cc5)n[nH]4)cn3C)cn2C)cc1C(=O)NCCC(=N)N. The van der Waals surface area contributed by atoms with E-state index in [-0.39, 0.29) is 47.6 Å². The Bertz CT molecular complexity index is 2250. The zero-order valence-corrected chi connectivity index (χ0v) is 32.2. The van der Waals surface area contributed by atoms with Crippen molar-refractivity contribution < 1.29 is 24.0 Å². The van der Waals surface area contributed by atoms with Crippen LogP contribution in [0.25, 0.3) is 0 Å². The molecule has 0 bridgehead atoms. The van der Waals surface area contributed by atoms with E-state index in [1.165, 1.54) is 33.4 Å². The Morgan fingerprint density at radius 3 is 1.68 bits per heavy atom. The van der Waals surface area contributed by atoms with E-state index in [9.17, 15) is 24.0 Å². The van der Waals surface area contributed by atoms with Gasteiger partial charge in [-0.2, -0.15) is 5.10 Å². The molecule has 56 heavy (non-hydrogen) atoms. The predicted molar refractivity (Wildman–Crippen MR) is 216 cm³/mol. The van der Waals surface area contributed by atoms with E-state index in [1.807, 2.05) is 4.90 Å². The molecule has 4 aromatic heterocycles. The molecule has 9 N–H and O–H groups in total. The van der Waals surface area contributed by atoms with Crippen molar-refractivity contribution in [3.8, 4) is 0 Å². The first-order valence-electron chi connectivity index (χ1n) is 17.1. The molecule has 0 spiro atoms. The summed E-state index contributed by atoms with van der Waals surface area (Å²) in [7, 11) is 4.94. The average Bonchev–Trinajstić information content (AvgIpc) is 3.94. The van der Waals surface area contributed by atoms with Crippen LogP contribution in [0.5, 0.6) is 0 Å². The molecule has 0 saturated carbocycles. The smallest absolute Gasteiger partial charge is 0.273 e. The highest BCUT2D eigenvalue weighted by atomic mass is 35.5. The molecular weight excluding hydrogens is 765 g/mol. The normalized spacial score (nSPS) is 10.8. The fraction of sp³-hybridized carbons (Fsp3) is 0.250. The van der Waals surface area contributed by atoms with Gasteiger partial charge >= 0.3 is 0 Å². The molecule has 4 heterocycles. The number of hydrogen-bond donors (Lipinski definition) is 8. The lowest BCUT2D eigenvalue weighted by molar-refractivity contribution is 0.0944. The minimum absolute atomic E-state index is 0.0411. The molecule has 0 radical (unpaired) electrons. The molecule has 20 heteroatoms. The second-order valence-electron chi connectivity index (χ2n) is 12.6. The molecule has 294 valence electrons. The number of amides is 5. The van der Waals surface area contributed by atoms with Crippen LogP contribution in [0.2, 0.25) is 0 Å². The van der Waals surface area contributed by atoms with Crippen LogP contribution in [-0.2, 0) is 21.1 Å². The van der Waals surface area contributed by atoms with Crippen molar-refractivity contribution in [1.82, 2.24) is 29.2 Å². The van der Waals surface area contributed by atoms with Gasteiger partial charge in [0.15, 0.2) is 5.82 Å². The number of aryl methyl sites for hydroxylation is 3. The lowest BCUT2D eigenvalue weighted by atomic mass is 10.2. The standard InChI is InChI=1S/C36H41Cl2N13O5/c1-48-19-23(14-27(48)34(54)41-11-8-30(39)40)43-36(56)29-16-24(20-50(29)3)44-35(55)28-15-22(18-49(28)2)42-33(53)26-17-31(47-46-26)45-32(52)21-4-6-25(7-5-21)51(12-9-37)13-10-38/h4-7,14-20H,8-13H2,1-3H3,(H3,39,40)(H,41,54)(H,42,53)(H,43,56)(H,44,55)(H2,45,46,47,52). The number of amidine groups is 1. The second kappa shape index (κ2) is 18.2. The number of nitrogens with one attached hydrogen (secondary N) is 7. The number of nitrogens with zero attached hydrogens (tertiary/aromatic N) is 5. The maximum Gasteiger partial charge on any atom is 0.273 e. The number of halogens is 2. The van der Waals surface area contributed by atoms with Crippen LogP contribution in [0.15, 0.2) is 67.1 Å². The molecule has 1 aromatic carbocycles. The molecule has 0 saturated heterocycles. The van der Waals surface area contributed by atoms with E-state index in [4.69, 9.17) is 34.3 Å². The van der Waals surface area contributed by atoms with Gasteiger partial charge < -0.3 is 50.9 Å². The first-order valence-corrected chi connectivity index (χ1v) is 18.2. The van der Waals surface area contributed by atoms with Crippen LogP contribution in [-0.4, -0.2) is 90.7 Å². The van der Waals surface area contributed by atoms with E-state index < -0.39 is 23.6 Å². The van der Waals surface area contributed by atoms with E-state index in [0.29, 0.717) is 53.2 Å². The van der Waals surface area contributed by atoms with Crippen LogP contribution >= 0.6 is 23.2 Å². The van der Waals surface area contributed by atoms with Crippen molar-refractivity contribution in [3.05, 3.63) is 95.5 Å². The van der Waals surface area contributed by atoms with E-state index in [1.54, 1.807) is 68.6 Å². The highest BCUT2D eigenvalue weighted by Crippen LogP contribution is 2.21. The van der Waals surface area contributed by atoms with Crippen molar-refractivity contribution in [1.29, 1.82) is 5.41 Å². The van der Waals surface area contributed by atoms with Gasteiger partial charge in [0.25, 0.3) is 29.5 Å². The number of benzene rings is 1. The Labute approximate surface area is 331 Å². The summed E-state index contributed by atoms with van der Waals surface area (Å²) in [4.78, 5) is 66.8. The van der Waals surface area contributed by atoms with Crippen molar-refractivity contribution in [3.63, 3.8) is 0 Å². The van der Waals surface area contributed by atoms with Gasteiger partial charge in [0, 0.05) is 94.9 Å². The number of hydrogen-bond acceptors (Lipinski definition) is 8. The van der Waals surface area contributed by atoms with Gasteiger partial charge in [0.1, 0.15) is 22.8 Å². The van der Waals surface area contributed by atoms with Gasteiger partial charge in [0.2, 0.25) is 0 Å². The molecule has 5 amide bonds. The van der Waals surface area contributed by atoms with Gasteiger partial charge in [-0.15, -0.1) is 23.2 Å². The molecule has 0 atom stereocenters. The molecule has 18 nitrogen and oxygen atoms in total. The number of aromatic nitrogens is 5. The van der Waals surface area contributed by atoms with Crippen LogP contribution in [0, 0.1) is 5.41 Å². The number of H-pyrrole nitrogens is 1. The number of carbonyl (C=O) groups excluding carboxylic acids is 5. The Kier molecular flexibility index (Phi) is 13.2. The van der Waals surface area contributed by atoms with E-state index in [0.717, 1.165) is 5.69 Å². The summed E-state index contributed by atoms with van der Waals surface area (Å²) in [6, 6.07) is 12.8. The third kappa shape index (κ3) is 10.2. The zero-order valence-electron chi connectivity index (χ0n) is 30.7. The first kappa shape index (κ1) is 40.7. The first-order chi connectivity index (χ1) is 26.8. The van der Waals surface area contributed by atoms with Crippen LogP contribution in [0.4, 0.5) is 28.6 Å². The summed E-state index contributed by atoms with van der Waals surface area (Å²) >= 11 is 11.8. The molecule has 5 rings (SSSR count). The third-order valence-corrected chi connectivity index (χ3v) is 8.77. The number of nitrogens with two attached hydrogens (primary N) is 1. The van der Waals surface area contributed by atoms with Crippen LogP contribution < -0.4 is 37.2 Å². The van der Waals surface area contributed by atoms with Gasteiger partial charge in [0.05, 0.1) is 22.9 Å². The maximum atomic E-state index is 13.3. The number of carbonyl (C=O) groups is 5. The number of anilines is 5. The van der Waals surface area contributed by atoms with Crippen LogP contribution in [0.3, 0.4) is 0 Å². The molecular formula is C36H41Cl2N13O5. The lowest BCUT2D eigenvalue weighted by Gasteiger charge is -2.22. The molecule has 0 unspecified atom stereocenters. The summed E-state index contributed by atoms with van der Waals surface area (Å²) in [5.74, 6) is -1.38. The number of alkyl halides is 2. The molecule has 5 aromatic rings. The Balaban J connectivity index is 1.15. The minimum Gasteiger partial charge on any atom is -0.388 e. The fourth-order valence-electron chi connectivity index (χ4n) is 5.65. The molecule has 0 aliphatic rings. The Morgan fingerprint density at radius 2 is 1.20 bits per heavy atom.